The molecule has 47 heavy (non-hydrogen) atoms. The van der Waals surface area contributed by atoms with Gasteiger partial charge in [-0.15, -0.1) is 0 Å². The molecule has 0 bridgehead atoms. The number of rotatable bonds is 13. The summed E-state index contributed by atoms with van der Waals surface area (Å²) in [5.41, 5.74) is 2.10. The van der Waals surface area contributed by atoms with E-state index >= 15 is 4.39 Å². The van der Waals surface area contributed by atoms with Crippen molar-refractivity contribution in [1.82, 2.24) is 10.2 Å². The average molecular weight is 658 g/mol. The van der Waals surface area contributed by atoms with E-state index in [-0.39, 0.29) is 35.5 Å². The molecule has 1 saturated carbocycles. The largest absolute Gasteiger partial charge is 0.497 e. The van der Waals surface area contributed by atoms with Gasteiger partial charge in [0.15, 0.2) is 0 Å². The van der Waals surface area contributed by atoms with Crippen LogP contribution in [0.15, 0.2) is 108 Å². The van der Waals surface area contributed by atoms with E-state index in [0.717, 1.165) is 47.2 Å². The molecule has 4 aromatic rings. The van der Waals surface area contributed by atoms with Crippen LogP contribution in [0.3, 0.4) is 0 Å². The summed E-state index contributed by atoms with van der Waals surface area (Å²) in [7, 11) is -2.86. The Balaban J connectivity index is 1.58. The summed E-state index contributed by atoms with van der Waals surface area (Å²) in [6.07, 6.45) is 3.91. The lowest BCUT2D eigenvalue weighted by atomic mass is 10.0. The van der Waals surface area contributed by atoms with Gasteiger partial charge in [-0.3, -0.25) is 13.9 Å². The molecular formula is C37H40FN3O5S. The van der Waals surface area contributed by atoms with Gasteiger partial charge in [0, 0.05) is 19.0 Å². The minimum atomic E-state index is -4.40. The predicted octanol–water partition coefficient (Wildman–Crippen LogP) is 6.04. The monoisotopic (exact) mass is 657 g/mol. The molecule has 1 fully saturated rings. The highest BCUT2D eigenvalue weighted by atomic mass is 32.2. The van der Waals surface area contributed by atoms with Crippen molar-refractivity contribution in [2.75, 3.05) is 18.0 Å². The van der Waals surface area contributed by atoms with E-state index in [4.69, 9.17) is 4.74 Å². The van der Waals surface area contributed by atoms with Gasteiger partial charge < -0.3 is 15.0 Å². The van der Waals surface area contributed by atoms with Crippen molar-refractivity contribution in [2.45, 2.75) is 62.6 Å². The zero-order chi connectivity index (χ0) is 33.4. The molecule has 2 amide bonds. The highest BCUT2D eigenvalue weighted by molar-refractivity contribution is 7.92. The third kappa shape index (κ3) is 8.37. The van der Waals surface area contributed by atoms with Gasteiger partial charge in [-0.2, -0.15) is 0 Å². The summed E-state index contributed by atoms with van der Waals surface area (Å²) < 4.78 is 49.8. The van der Waals surface area contributed by atoms with E-state index in [1.54, 1.807) is 30.3 Å². The zero-order valence-corrected chi connectivity index (χ0v) is 27.5. The van der Waals surface area contributed by atoms with Gasteiger partial charge in [0.1, 0.15) is 24.2 Å². The Hall–Kier alpha value is -4.70. The van der Waals surface area contributed by atoms with Crippen molar-refractivity contribution in [3.8, 4) is 5.75 Å². The second kappa shape index (κ2) is 15.3. The van der Waals surface area contributed by atoms with Crippen LogP contribution in [0.5, 0.6) is 5.75 Å². The smallest absolute Gasteiger partial charge is 0.264 e. The van der Waals surface area contributed by atoms with E-state index in [1.807, 2.05) is 43.3 Å². The van der Waals surface area contributed by atoms with Gasteiger partial charge in [0.25, 0.3) is 10.0 Å². The van der Waals surface area contributed by atoms with Crippen molar-refractivity contribution in [2.24, 2.45) is 0 Å². The van der Waals surface area contributed by atoms with Crippen LogP contribution < -0.4 is 14.4 Å². The summed E-state index contributed by atoms with van der Waals surface area (Å²) >= 11 is 0. The number of carbonyl (C=O) groups excluding carboxylic acids is 2. The van der Waals surface area contributed by atoms with Gasteiger partial charge in [-0.25, -0.2) is 12.8 Å². The number of amides is 2. The summed E-state index contributed by atoms with van der Waals surface area (Å²) in [5.74, 6) is -1.21. The fourth-order valence-corrected chi connectivity index (χ4v) is 7.32. The Morgan fingerprint density at radius 1 is 0.894 bits per heavy atom. The molecule has 0 spiro atoms. The summed E-state index contributed by atoms with van der Waals surface area (Å²) in [5, 5.41) is 3.15. The first-order valence-corrected chi connectivity index (χ1v) is 17.2. The van der Waals surface area contributed by atoms with Crippen molar-refractivity contribution < 1.29 is 27.1 Å². The maximum absolute atomic E-state index is 15.3. The highest BCUT2D eigenvalue weighted by Gasteiger charge is 2.36. The van der Waals surface area contributed by atoms with Gasteiger partial charge in [-0.05, 0) is 67.3 Å². The number of benzene rings is 4. The lowest BCUT2D eigenvalue weighted by Gasteiger charge is -2.34. The molecule has 4 aromatic carbocycles. The van der Waals surface area contributed by atoms with E-state index < -0.39 is 34.3 Å². The van der Waals surface area contributed by atoms with E-state index in [1.165, 1.54) is 42.3 Å². The standard InChI is InChI=1S/C37H40FN3O5S/c1-27-19-21-32(22-20-27)47(44,45)41(34-18-9-8-17-33(34)38)26-36(42)40(25-29-13-10-16-31(23-29)46-2)35(24-28-11-4-3-5-12-28)37(43)39-30-14-6-7-15-30/h3-5,8-13,16-23,30,35H,6-7,14-15,24-26H2,1-2H3,(H,39,43)/t35-/m1/s1. The number of hydrogen-bond donors (Lipinski definition) is 1. The molecule has 0 aliphatic heterocycles. The first-order chi connectivity index (χ1) is 22.7. The number of nitrogens with one attached hydrogen (secondary N) is 1. The number of hydrogen-bond acceptors (Lipinski definition) is 5. The van der Waals surface area contributed by atoms with Crippen LogP contribution in [0.2, 0.25) is 0 Å². The van der Waals surface area contributed by atoms with Crippen LogP contribution >= 0.6 is 0 Å². The lowest BCUT2D eigenvalue weighted by Crippen LogP contribution is -2.54. The molecule has 5 rings (SSSR count). The number of halogens is 1. The first-order valence-electron chi connectivity index (χ1n) is 15.8. The number of para-hydroxylation sites is 1. The van der Waals surface area contributed by atoms with Gasteiger partial charge in [-0.1, -0.05) is 85.1 Å². The number of aryl methyl sites for hydroxylation is 1. The van der Waals surface area contributed by atoms with Gasteiger partial charge in [0.2, 0.25) is 11.8 Å². The van der Waals surface area contributed by atoms with Gasteiger partial charge >= 0.3 is 0 Å². The predicted molar refractivity (Wildman–Crippen MR) is 180 cm³/mol. The first kappa shape index (κ1) is 33.7. The van der Waals surface area contributed by atoms with Crippen LogP contribution in [0.1, 0.15) is 42.4 Å². The molecule has 8 nitrogen and oxygen atoms in total. The highest BCUT2D eigenvalue weighted by Crippen LogP contribution is 2.28. The van der Waals surface area contributed by atoms with E-state index in [9.17, 15) is 18.0 Å². The maximum atomic E-state index is 15.3. The van der Waals surface area contributed by atoms with E-state index in [0.29, 0.717) is 11.3 Å². The Bertz CT molecular complexity index is 1780. The molecule has 0 aromatic heterocycles. The molecule has 1 N–H and O–H groups in total. The van der Waals surface area contributed by atoms with Crippen molar-refractivity contribution >= 4 is 27.5 Å². The second-order valence-corrected chi connectivity index (χ2v) is 13.7. The Morgan fingerprint density at radius 2 is 1.55 bits per heavy atom. The maximum Gasteiger partial charge on any atom is 0.264 e. The average Bonchev–Trinajstić information content (AvgIpc) is 3.59. The molecule has 1 aliphatic rings. The fraction of sp³-hybridized carbons (Fsp3) is 0.297. The third-order valence-electron chi connectivity index (χ3n) is 8.47. The lowest BCUT2D eigenvalue weighted by molar-refractivity contribution is -0.140. The molecule has 1 atom stereocenters. The third-order valence-corrected chi connectivity index (χ3v) is 10.2. The molecular weight excluding hydrogens is 617 g/mol. The number of nitrogens with zero attached hydrogens (tertiary/aromatic N) is 2. The molecule has 0 heterocycles. The van der Waals surface area contributed by atoms with Crippen molar-refractivity contribution in [3.63, 3.8) is 0 Å². The van der Waals surface area contributed by atoms with Crippen LogP contribution in [-0.2, 0) is 32.6 Å². The minimum absolute atomic E-state index is 0.00799. The van der Waals surface area contributed by atoms with Crippen LogP contribution in [0.25, 0.3) is 0 Å². The molecule has 246 valence electrons. The summed E-state index contributed by atoms with van der Waals surface area (Å²) in [4.78, 5) is 30.0. The number of anilines is 1. The normalized spacial score (nSPS) is 13.9. The number of ether oxygens (including phenoxy) is 1. The van der Waals surface area contributed by atoms with Crippen molar-refractivity contribution in [3.05, 3.63) is 126 Å². The van der Waals surface area contributed by atoms with E-state index in [2.05, 4.69) is 5.32 Å². The zero-order valence-electron chi connectivity index (χ0n) is 26.6. The SMILES string of the molecule is COc1cccc(CN(C(=O)CN(c2ccccc2F)S(=O)(=O)c2ccc(C)cc2)[C@H](Cc2ccccc2)C(=O)NC2CCCC2)c1. The molecule has 0 unspecified atom stereocenters. The van der Waals surface area contributed by atoms with Crippen LogP contribution in [-0.4, -0.2) is 50.9 Å². The number of carbonyl (C=O) groups is 2. The fourth-order valence-electron chi connectivity index (χ4n) is 5.89. The van der Waals surface area contributed by atoms with Crippen LogP contribution in [0, 0.1) is 12.7 Å². The second-order valence-electron chi connectivity index (χ2n) is 11.8. The number of sulfonamides is 1. The summed E-state index contributed by atoms with van der Waals surface area (Å²) in [6.45, 7) is 1.08. The quantitative estimate of drug-likeness (QED) is 0.189. The molecule has 1 aliphatic carbocycles. The summed E-state index contributed by atoms with van der Waals surface area (Å²) in [6, 6.07) is 27.1. The minimum Gasteiger partial charge on any atom is -0.497 e. The van der Waals surface area contributed by atoms with Gasteiger partial charge in [0.05, 0.1) is 17.7 Å². The Kier molecular flexibility index (Phi) is 10.9. The topological polar surface area (TPSA) is 96.0 Å². The number of methoxy groups -OCH3 is 1. The van der Waals surface area contributed by atoms with Crippen LogP contribution in [0.4, 0.5) is 10.1 Å². The Labute approximate surface area is 276 Å². The Morgan fingerprint density at radius 3 is 2.23 bits per heavy atom. The van der Waals surface area contributed by atoms with Crippen molar-refractivity contribution in [1.29, 1.82) is 0 Å². The molecule has 0 saturated heterocycles. The molecule has 0 radical (unpaired) electrons. The molecule has 10 heteroatoms.